The van der Waals surface area contributed by atoms with E-state index in [9.17, 15) is 18.4 Å². The molecular weight excluding hydrogens is 330 g/mol. The summed E-state index contributed by atoms with van der Waals surface area (Å²) in [5, 5.41) is 0. The molecule has 3 rings (SSSR count). The second-order valence-electron chi connectivity index (χ2n) is 5.41. The van der Waals surface area contributed by atoms with Gasteiger partial charge in [-0.15, -0.1) is 0 Å². The van der Waals surface area contributed by atoms with Gasteiger partial charge < -0.3 is 4.57 Å². The van der Waals surface area contributed by atoms with Gasteiger partial charge >= 0.3 is 0 Å². The molecular formula is C17H14F2N4O2. The monoisotopic (exact) mass is 344 g/mol. The highest BCUT2D eigenvalue weighted by Gasteiger charge is 2.13. The fraction of sp³-hybridized carbons (Fsp3) is 0.118. The molecule has 1 heterocycles. The third-order valence-electron chi connectivity index (χ3n) is 3.64. The van der Waals surface area contributed by atoms with Crippen LogP contribution < -0.4 is 10.9 Å². The fourth-order valence-electron chi connectivity index (χ4n) is 2.42. The van der Waals surface area contributed by atoms with Gasteiger partial charge in [0.2, 0.25) is 5.91 Å². The number of para-hydroxylation sites is 2. The number of aromatic nitrogens is 2. The fourth-order valence-corrected chi connectivity index (χ4v) is 2.42. The molecule has 0 aliphatic heterocycles. The van der Waals surface area contributed by atoms with Gasteiger partial charge in [0.1, 0.15) is 17.5 Å². The van der Waals surface area contributed by atoms with E-state index in [1.807, 2.05) is 24.3 Å². The molecule has 0 radical (unpaired) electrons. The normalized spacial score (nSPS) is 10.7. The molecule has 3 aromatic rings. The van der Waals surface area contributed by atoms with Crippen LogP contribution in [0.5, 0.6) is 0 Å². The van der Waals surface area contributed by atoms with Crippen molar-refractivity contribution in [3.8, 4) is 0 Å². The van der Waals surface area contributed by atoms with Crippen LogP contribution in [-0.4, -0.2) is 21.4 Å². The zero-order valence-electron chi connectivity index (χ0n) is 13.2. The number of carbonyl (C=O) groups is 2. The van der Waals surface area contributed by atoms with Crippen LogP contribution in [0.1, 0.15) is 16.2 Å². The number of benzene rings is 2. The molecule has 128 valence electrons. The van der Waals surface area contributed by atoms with Gasteiger partial charge in [-0.05, 0) is 24.3 Å². The molecule has 6 nitrogen and oxygen atoms in total. The highest BCUT2D eigenvalue weighted by molar-refractivity contribution is 5.95. The average Bonchev–Trinajstić information content (AvgIpc) is 2.88. The zero-order valence-corrected chi connectivity index (χ0v) is 13.2. The number of fused-ring (bicyclic) bond motifs is 1. The van der Waals surface area contributed by atoms with Crippen molar-refractivity contribution in [1.29, 1.82) is 0 Å². The summed E-state index contributed by atoms with van der Waals surface area (Å²) in [4.78, 5) is 28.2. The second kappa shape index (κ2) is 6.68. The lowest BCUT2D eigenvalue weighted by molar-refractivity contribution is -0.121. The van der Waals surface area contributed by atoms with E-state index in [-0.39, 0.29) is 12.0 Å². The first-order valence-electron chi connectivity index (χ1n) is 7.39. The lowest BCUT2D eigenvalue weighted by Crippen LogP contribution is -2.42. The van der Waals surface area contributed by atoms with Crippen LogP contribution in [-0.2, 0) is 18.3 Å². The molecule has 0 aliphatic carbocycles. The molecule has 0 unspecified atom stereocenters. The van der Waals surface area contributed by atoms with Crippen LogP contribution >= 0.6 is 0 Å². The predicted molar refractivity (Wildman–Crippen MR) is 86.4 cm³/mol. The second-order valence-corrected chi connectivity index (χ2v) is 5.41. The first kappa shape index (κ1) is 16.6. The topological polar surface area (TPSA) is 76.0 Å². The number of aryl methyl sites for hydroxylation is 1. The standard InChI is InChI=1S/C17H14F2N4O2/c1-23-14-5-3-2-4-13(14)20-15(23)9-16(24)21-22-17(25)10-6-11(18)8-12(19)7-10/h2-8H,9H2,1H3,(H,21,24)(H,22,25). The Morgan fingerprint density at radius 2 is 1.76 bits per heavy atom. The molecule has 0 atom stereocenters. The number of imidazole rings is 1. The molecule has 1 aromatic heterocycles. The lowest BCUT2D eigenvalue weighted by Gasteiger charge is -2.08. The molecule has 0 saturated heterocycles. The Hall–Kier alpha value is -3.29. The van der Waals surface area contributed by atoms with Gasteiger partial charge in [0.05, 0.1) is 17.5 Å². The maximum absolute atomic E-state index is 13.1. The summed E-state index contributed by atoms with van der Waals surface area (Å²) in [5.41, 5.74) is 5.72. The minimum Gasteiger partial charge on any atom is -0.331 e. The Morgan fingerprint density at radius 1 is 1.08 bits per heavy atom. The van der Waals surface area contributed by atoms with E-state index in [2.05, 4.69) is 15.8 Å². The van der Waals surface area contributed by atoms with Gasteiger partial charge in [-0.25, -0.2) is 13.8 Å². The van der Waals surface area contributed by atoms with Gasteiger partial charge in [0.25, 0.3) is 5.91 Å². The Morgan fingerprint density at radius 3 is 2.44 bits per heavy atom. The maximum atomic E-state index is 13.1. The van der Waals surface area contributed by atoms with E-state index in [1.165, 1.54) is 0 Å². The van der Waals surface area contributed by atoms with E-state index >= 15 is 0 Å². The summed E-state index contributed by atoms with van der Waals surface area (Å²) < 4.78 is 28.0. The highest BCUT2D eigenvalue weighted by Crippen LogP contribution is 2.14. The first-order chi connectivity index (χ1) is 11.9. The number of halogens is 2. The molecule has 0 fully saturated rings. The molecule has 0 aliphatic rings. The number of carbonyl (C=O) groups excluding carboxylic acids is 2. The lowest BCUT2D eigenvalue weighted by atomic mass is 10.2. The van der Waals surface area contributed by atoms with Crippen molar-refractivity contribution in [3.05, 3.63) is 65.5 Å². The third-order valence-corrected chi connectivity index (χ3v) is 3.64. The molecule has 0 spiro atoms. The van der Waals surface area contributed by atoms with E-state index in [1.54, 1.807) is 11.6 Å². The number of hydrogen-bond donors (Lipinski definition) is 2. The minimum absolute atomic E-state index is 0.0665. The third kappa shape index (κ3) is 3.63. The molecule has 25 heavy (non-hydrogen) atoms. The van der Waals surface area contributed by atoms with Crippen LogP contribution in [0.15, 0.2) is 42.5 Å². The van der Waals surface area contributed by atoms with Crippen LogP contribution in [0.4, 0.5) is 8.78 Å². The average molecular weight is 344 g/mol. The number of amides is 2. The van der Waals surface area contributed by atoms with Crippen molar-refractivity contribution in [2.45, 2.75) is 6.42 Å². The van der Waals surface area contributed by atoms with Gasteiger partial charge in [0.15, 0.2) is 0 Å². The van der Waals surface area contributed by atoms with Crippen LogP contribution in [0.3, 0.4) is 0 Å². The van der Waals surface area contributed by atoms with E-state index in [4.69, 9.17) is 0 Å². The molecule has 8 heteroatoms. The predicted octanol–water partition coefficient (Wildman–Crippen LogP) is 1.86. The summed E-state index contributed by atoms with van der Waals surface area (Å²) in [6, 6.07) is 9.82. The Bertz CT molecular complexity index is 948. The van der Waals surface area contributed by atoms with E-state index in [0.717, 1.165) is 23.2 Å². The number of rotatable bonds is 3. The Kier molecular flexibility index (Phi) is 4.42. The van der Waals surface area contributed by atoms with Crippen LogP contribution in [0, 0.1) is 11.6 Å². The van der Waals surface area contributed by atoms with Crippen molar-refractivity contribution in [2.24, 2.45) is 7.05 Å². The summed E-state index contributed by atoms with van der Waals surface area (Å²) in [6.07, 6.45) is -0.0665. The molecule has 2 aromatic carbocycles. The van der Waals surface area contributed by atoms with E-state index < -0.39 is 23.4 Å². The van der Waals surface area contributed by atoms with Crippen molar-refractivity contribution < 1.29 is 18.4 Å². The van der Waals surface area contributed by atoms with Crippen molar-refractivity contribution >= 4 is 22.8 Å². The largest absolute Gasteiger partial charge is 0.331 e. The maximum Gasteiger partial charge on any atom is 0.269 e. The van der Waals surface area contributed by atoms with Crippen LogP contribution in [0.25, 0.3) is 11.0 Å². The number of hydrogen-bond acceptors (Lipinski definition) is 3. The van der Waals surface area contributed by atoms with Gasteiger partial charge in [-0.1, -0.05) is 12.1 Å². The SMILES string of the molecule is Cn1c(CC(=O)NNC(=O)c2cc(F)cc(F)c2)nc2ccccc21. The van der Waals surface area contributed by atoms with E-state index in [0.29, 0.717) is 11.9 Å². The first-order valence-corrected chi connectivity index (χ1v) is 7.39. The molecule has 0 bridgehead atoms. The van der Waals surface area contributed by atoms with Gasteiger partial charge in [-0.3, -0.25) is 20.4 Å². The highest BCUT2D eigenvalue weighted by atomic mass is 19.1. The number of hydrazine groups is 1. The molecule has 0 saturated carbocycles. The van der Waals surface area contributed by atoms with Crippen LogP contribution in [0.2, 0.25) is 0 Å². The quantitative estimate of drug-likeness (QED) is 0.712. The minimum atomic E-state index is -0.879. The Balaban J connectivity index is 1.64. The summed E-state index contributed by atoms with van der Waals surface area (Å²) in [6.45, 7) is 0. The summed E-state index contributed by atoms with van der Waals surface area (Å²) in [7, 11) is 1.78. The number of nitrogens with one attached hydrogen (secondary N) is 2. The van der Waals surface area contributed by atoms with Crippen molar-refractivity contribution in [3.63, 3.8) is 0 Å². The zero-order chi connectivity index (χ0) is 18.0. The summed E-state index contributed by atoms with van der Waals surface area (Å²) in [5.74, 6) is -2.57. The summed E-state index contributed by atoms with van der Waals surface area (Å²) >= 11 is 0. The molecule has 2 amide bonds. The smallest absolute Gasteiger partial charge is 0.269 e. The van der Waals surface area contributed by atoms with Gasteiger partial charge in [-0.2, -0.15) is 0 Å². The van der Waals surface area contributed by atoms with Gasteiger partial charge in [0, 0.05) is 18.7 Å². The number of nitrogens with zero attached hydrogens (tertiary/aromatic N) is 2. The molecule has 2 N–H and O–H groups in total. The Labute approximate surface area is 141 Å². The van der Waals surface area contributed by atoms with Crippen molar-refractivity contribution in [2.75, 3.05) is 0 Å². The van der Waals surface area contributed by atoms with Crippen molar-refractivity contribution in [1.82, 2.24) is 20.4 Å².